The van der Waals surface area contributed by atoms with Crippen molar-refractivity contribution < 1.29 is 0 Å². The number of hydrogen-bond acceptors (Lipinski definition) is 0. The van der Waals surface area contributed by atoms with Gasteiger partial charge in [-0.3, -0.25) is 0 Å². The van der Waals surface area contributed by atoms with Crippen molar-refractivity contribution in [3.05, 3.63) is 59.7 Å². The minimum atomic E-state index is -0.292. The summed E-state index contributed by atoms with van der Waals surface area (Å²) in [6, 6.07) is 17.5. The molecule has 0 radical (unpaired) electrons. The monoisotopic (exact) mass is 208 g/mol. The molecule has 0 fully saturated rings. The largest absolute Gasteiger partial charge is 0.0890 e. The molecule has 0 atom stereocenters. The lowest BCUT2D eigenvalue weighted by Gasteiger charge is -2.04. The average Bonchev–Trinajstić information content (AvgIpc) is 2.48. The van der Waals surface area contributed by atoms with Crippen LogP contribution < -0.4 is 10.4 Å². The summed E-state index contributed by atoms with van der Waals surface area (Å²) in [6.07, 6.45) is 4.49. The number of fused-ring (bicyclic) bond motifs is 2. The van der Waals surface area contributed by atoms with Crippen LogP contribution in [0.15, 0.2) is 48.5 Å². The highest BCUT2D eigenvalue weighted by Gasteiger charge is 2.07. The van der Waals surface area contributed by atoms with Crippen molar-refractivity contribution in [1.82, 2.24) is 0 Å². The molecule has 1 heterocycles. The first-order valence-corrected chi connectivity index (χ1v) is 6.69. The van der Waals surface area contributed by atoms with Gasteiger partial charge >= 0.3 is 0 Å². The third kappa shape index (κ3) is 1.55. The molecule has 1 aliphatic rings. The molecule has 2 aromatic carbocycles. The van der Waals surface area contributed by atoms with Crippen LogP contribution in [0.3, 0.4) is 0 Å². The summed E-state index contributed by atoms with van der Waals surface area (Å²) in [5.41, 5.74) is 2.81. The van der Waals surface area contributed by atoms with E-state index in [1.807, 2.05) is 0 Å². The molecule has 2 aromatic rings. The summed E-state index contributed by atoms with van der Waals surface area (Å²) >= 11 is 0. The summed E-state index contributed by atoms with van der Waals surface area (Å²) in [5, 5.41) is 3.11. The molecule has 0 bridgehead atoms. The lowest BCUT2D eigenvalue weighted by molar-refractivity contribution is 1.72. The highest BCUT2D eigenvalue weighted by molar-refractivity contribution is 6.69. The Hall–Kier alpha value is -1.60. The number of hydrogen-bond donors (Lipinski definition) is 0. The van der Waals surface area contributed by atoms with Crippen LogP contribution in [0, 0.1) is 0 Å². The van der Waals surface area contributed by atoms with Gasteiger partial charge in [-0.25, -0.2) is 0 Å². The molecule has 72 valence electrons. The van der Waals surface area contributed by atoms with Crippen LogP contribution in [-0.4, -0.2) is 9.52 Å². The summed E-state index contributed by atoms with van der Waals surface area (Å²) in [5.74, 6) is 0. The minimum Gasteiger partial charge on any atom is -0.0627 e. The van der Waals surface area contributed by atoms with E-state index in [1.54, 1.807) is 10.4 Å². The Morgan fingerprint density at radius 2 is 1.07 bits per heavy atom. The van der Waals surface area contributed by atoms with Crippen molar-refractivity contribution in [2.75, 3.05) is 0 Å². The molecule has 1 aliphatic heterocycles. The van der Waals surface area contributed by atoms with E-state index in [9.17, 15) is 0 Å². The predicted octanol–water partition coefficient (Wildman–Crippen LogP) is 1.29. The van der Waals surface area contributed by atoms with E-state index in [4.69, 9.17) is 0 Å². The first-order valence-electron chi connectivity index (χ1n) is 5.27. The summed E-state index contributed by atoms with van der Waals surface area (Å²) < 4.78 is 0. The van der Waals surface area contributed by atoms with Crippen molar-refractivity contribution >= 4 is 32.0 Å². The van der Waals surface area contributed by atoms with Gasteiger partial charge in [0.05, 0.1) is 9.52 Å². The van der Waals surface area contributed by atoms with Crippen molar-refractivity contribution in [3.8, 4) is 0 Å². The normalized spacial score (nSPS) is 12.8. The fourth-order valence-corrected chi connectivity index (χ4v) is 3.90. The molecular formula is C14H12Si. The van der Waals surface area contributed by atoms with Crippen LogP contribution in [0.4, 0.5) is 0 Å². The van der Waals surface area contributed by atoms with Gasteiger partial charge in [0.15, 0.2) is 0 Å². The fraction of sp³-hybridized carbons (Fsp3) is 0. The quantitative estimate of drug-likeness (QED) is 0.488. The van der Waals surface area contributed by atoms with Gasteiger partial charge in [0.1, 0.15) is 0 Å². The minimum absolute atomic E-state index is 0.292. The Kier molecular flexibility index (Phi) is 2.04. The van der Waals surface area contributed by atoms with Gasteiger partial charge in [0.25, 0.3) is 0 Å². The van der Waals surface area contributed by atoms with Gasteiger partial charge in [0, 0.05) is 0 Å². The molecule has 0 amide bonds. The molecule has 15 heavy (non-hydrogen) atoms. The second kappa shape index (κ2) is 3.52. The van der Waals surface area contributed by atoms with Gasteiger partial charge in [-0.1, -0.05) is 71.1 Å². The molecule has 0 saturated carbocycles. The van der Waals surface area contributed by atoms with E-state index in [0.29, 0.717) is 0 Å². The maximum absolute atomic E-state index is 2.27. The van der Waals surface area contributed by atoms with Crippen molar-refractivity contribution in [2.24, 2.45) is 0 Å². The van der Waals surface area contributed by atoms with Crippen LogP contribution in [0.2, 0.25) is 0 Å². The van der Waals surface area contributed by atoms with E-state index in [-0.39, 0.29) is 9.52 Å². The zero-order valence-electron chi connectivity index (χ0n) is 8.48. The molecule has 0 saturated heterocycles. The Bertz CT molecular complexity index is 479. The molecular weight excluding hydrogens is 196 g/mol. The highest BCUT2D eigenvalue weighted by Crippen LogP contribution is 2.08. The maximum atomic E-state index is 2.27. The van der Waals surface area contributed by atoms with Crippen molar-refractivity contribution in [3.63, 3.8) is 0 Å². The van der Waals surface area contributed by atoms with Crippen LogP contribution >= 0.6 is 0 Å². The molecule has 0 aliphatic carbocycles. The maximum Gasteiger partial charge on any atom is 0.0890 e. The molecule has 3 rings (SSSR count). The number of rotatable bonds is 0. The first kappa shape index (κ1) is 8.68. The van der Waals surface area contributed by atoms with E-state index in [0.717, 1.165) is 0 Å². The van der Waals surface area contributed by atoms with Crippen LogP contribution in [-0.2, 0) is 0 Å². The third-order valence-corrected chi connectivity index (χ3v) is 4.98. The molecule has 0 unspecified atom stereocenters. The van der Waals surface area contributed by atoms with E-state index in [2.05, 4.69) is 60.7 Å². The molecule has 0 nitrogen and oxygen atoms in total. The topological polar surface area (TPSA) is 0 Å². The smallest absolute Gasteiger partial charge is 0.0627 e. The SMILES string of the molecule is C1=Cc2ccccc2[SiH2]c2ccccc21. The van der Waals surface area contributed by atoms with E-state index < -0.39 is 0 Å². The van der Waals surface area contributed by atoms with Crippen molar-refractivity contribution in [1.29, 1.82) is 0 Å². The molecule has 0 spiro atoms. The van der Waals surface area contributed by atoms with Gasteiger partial charge in [-0.2, -0.15) is 0 Å². The van der Waals surface area contributed by atoms with Crippen LogP contribution in [0.5, 0.6) is 0 Å². The fourth-order valence-electron chi connectivity index (χ4n) is 2.10. The van der Waals surface area contributed by atoms with E-state index in [1.165, 1.54) is 11.1 Å². The zero-order chi connectivity index (χ0) is 10.1. The third-order valence-electron chi connectivity index (χ3n) is 2.93. The van der Waals surface area contributed by atoms with Crippen LogP contribution in [0.1, 0.15) is 11.1 Å². The Balaban J connectivity index is 2.19. The lowest BCUT2D eigenvalue weighted by atomic mass is 10.1. The number of benzene rings is 2. The Morgan fingerprint density at radius 3 is 1.60 bits per heavy atom. The summed E-state index contributed by atoms with van der Waals surface area (Å²) in [6.45, 7) is 0. The zero-order valence-corrected chi connectivity index (χ0v) is 9.89. The predicted molar refractivity (Wildman–Crippen MR) is 69.6 cm³/mol. The second-order valence-corrected chi connectivity index (χ2v) is 5.78. The lowest BCUT2D eigenvalue weighted by Crippen LogP contribution is -2.29. The second-order valence-electron chi connectivity index (χ2n) is 3.91. The highest BCUT2D eigenvalue weighted by atomic mass is 28.2. The Labute approximate surface area is 92.1 Å². The van der Waals surface area contributed by atoms with Gasteiger partial charge in [-0.05, 0) is 11.1 Å². The average molecular weight is 208 g/mol. The molecule has 1 heteroatoms. The standard InChI is InChI=1S/C14H12Si/c1-3-7-13-11(5-1)9-10-12-6-2-4-8-14(12)15-13/h1-10H,15H2. The first-order chi connectivity index (χ1) is 7.43. The van der Waals surface area contributed by atoms with Crippen LogP contribution in [0.25, 0.3) is 12.2 Å². The summed E-state index contributed by atoms with van der Waals surface area (Å²) in [4.78, 5) is 0. The Morgan fingerprint density at radius 1 is 0.600 bits per heavy atom. The van der Waals surface area contributed by atoms with Crippen molar-refractivity contribution in [2.45, 2.75) is 0 Å². The van der Waals surface area contributed by atoms with Gasteiger partial charge < -0.3 is 0 Å². The molecule has 0 aromatic heterocycles. The van der Waals surface area contributed by atoms with E-state index >= 15 is 0 Å². The summed E-state index contributed by atoms with van der Waals surface area (Å²) in [7, 11) is -0.292. The van der Waals surface area contributed by atoms with Gasteiger partial charge in [-0.15, -0.1) is 0 Å². The molecule has 0 N–H and O–H groups in total. The van der Waals surface area contributed by atoms with Gasteiger partial charge in [0.2, 0.25) is 0 Å².